The number of benzene rings is 3. The molecule has 0 saturated carbocycles. The first kappa shape index (κ1) is 35.7. The van der Waals surface area contributed by atoms with Crippen molar-refractivity contribution in [1.29, 1.82) is 0 Å². The molecule has 3 aromatic carbocycles. The van der Waals surface area contributed by atoms with Crippen LogP contribution in [-0.4, -0.2) is 0 Å². The summed E-state index contributed by atoms with van der Waals surface area (Å²) in [7, 11) is 0. The van der Waals surface area contributed by atoms with Crippen LogP contribution in [0.3, 0.4) is 0 Å². The van der Waals surface area contributed by atoms with Crippen molar-refractivity contribution < 1.29 is 0 Å². The van der Waals surface area contributed by atoms with Crippen LogP contribution in [0.5, 0.6) is 0 Å². The predicted octanol–water partition coefficient (Wildman–Crippen LogP) is 12.1. The first-order valence-electron chi connectivity index (χ1n) is 16.0. The largest absolute Gasteiger partial charge is 0.0625 e. The lowest BCUT2D eigenvalue weighted by molar-refractivity contribution is 0.616. The van der Waals surface area contributed by atoms with Gasteiger partial charge in [0.2, 0.25) is 0 Å². The van der Waals surface area contributed by atoms with Gasteiger partial charge >= 0.3 is 0 Å². The highest BCUT2D eigenvalue weighted by atomic mass is 14.1. The average Bonchev–Trinajstić information content (AvgIpc) is 2.85. The lowest BCUT2D eigenvalue weighted by atomic mass is 9.92. The Morgan fingerprint density at radius 2 is 0.550 bits per heavy atom. The summed E-state index contributed by atoms with van der Waals surface area (Å²) >= 11 is 0. The molecule has 0 heteroatoms. The van der Waals surface area contributed by atoms with E-state index in [9.17, 15) is 0 Å². The molecule has 222 valence electrons. The molecule has 0 N–H and O–H groups in total. The van der Waals surface area contributed by atoms with Crippen molar-refractivity contribution in [2.75, 3.05) is 0 Å². The molecule has 0 fully saturated rings. The van der Waals surface area contributed by atoms with Crippen LogP contribution in [0.15, 0.2) is 72.8 Å². The van der Waals surface area contributed by atoms with Gasteiger partial charge in [-0.15, -0.1) is 0 Å². The van der Waals surface area contributed by atoms with Crippen molar-refractivity contribution >= 4 is 0 Å². The van der Waals surface area contributed by atoms with E-state index in [1.165, 1.54) is 59.1 Å². The maximum absolute atomic E-state index is 2.28. The molecule has 0 bridgehead atoms. The second kappa shape index (κ2) is 18.9. The third-order valence-electron chi connectivity index (χ3n) is 6.99. The fraction of sp³-hybridized carbons (Fsp3) is 0.550. The van der Waals surface area contributed by atoms with Gasteiger partial charge in [0.15, 0.2) is 0 Å². The molecular formula is C40H62. The Morgan fingerprint density at radius 3 is 0.800 bits per heavy atom. The third kappa shape index (κ3) is 14.3. The van der Waals surface area contributed by atoms with Crippen LogP contribution in [-0.2, 0) is 25.7 Å². The van der Waals surface area contributed by atoms with E-state index in [4.69, 9.17) is 0 Å². The SMILES string of the molecule is CC(C)Cc1ccccc1C(C)C.CC(C)Cc1ccccc1C(C)C.CC(C)Cc1ccccc1CC(C)C. The molecule has 0 nitrogen and oxygen atoms in total. The molecule has 3 aromatic rings. The van der Waals surface area contributed by atoms with Gasteiger partial charge in [-0.1, -0.05) is 156 Å². The molecule has 0 aliphatic rings. The normalized spacial score (nSPS) is 11.2. The predicted molar refractivity (Wildman–Crippen MR) is 182 cm³/mol. The average molecular weight is 543 g/mol. The van der Waals surface area contributed by atoms with Crippen LogP contribution in [0.1, 0.15) is 128 Å². The Morgan fingerprint density at radius 1 is 0.325 bits per heavy atom. The van der Waals surface area contributed by atoms with E-state index in [0.29, 0.717) is 11.8 Å². The first-order chi connectivity index (χ1) is 18.8. The van der Waals surface area contributed by atoms with Gasteiger partial charge in [0.05, 0.1) is 0 Å². The summed E-state index contributed by atoms with van der Waals surface area (Å²) in [6.45, 7) is 27.3. The second-order valence-corrected chi connectivity index (χ2v) is 13.9. The molecule has 0 saturated heterocycles. The zero-order chi connectivity index (χ0) is 30.2. The first-order valence-corrected chi connectivity index (χ1v) is 16.0. The summed E-state index contributed by atoms with van der Waals surface area (Å²) in [5.74, 6) is 4.30. The summed E-state index contributed by atoms with van der Waals surface area (Å²) in [4.78, 5) is 0. The maximum Gasteiger partial charge on any atom is -0.0216 e. The molecule has 0 amide bonds. The number of hydrogen-bond donors (Lipinski definition) is 0. The quantitative estimate of drug-likeness (QED) is 0.239. The zero-order valence-electron chi connectivity index (χ0n) is 28.2. The molecule has 3 rings (SSSR count). The van der Waals surface area contributed by atoms with Crippen molar-refractivity contribution in [3.05, 3.63) is 106 Å². The summed E-state index contributed by atoms with van der Waals surface area (Å²) < 4.78 is 0. The number of hydrogen-bond acceptors (Lipinski definition) is 0. The van der Waals surface area contributed by atoms with Gasteiger partial charge in [0, 0.05) is 0 Å². The van der Waals surface area contributed by atoms with Gasteiger partial charge in [-0.2, -0.15) is 0 Å². The van der Waals surface area contributed by atoms with E-state index in [1.807, 2.05) is 0 Å². The molecular weight excluding hydrogens is 480 g/mol. The van der Waals surface area contributed by atoms with Crippen LogP contribution < -0.4 is 0 Å². The molecule has 0 aliphatic heterocycles. The van der Waals surface area contributed by atoms with Crippen LogP contribution in [0.25, 0.3) is 0 Å². The van der Waals surface area contributed by atoms with Gasteiger partial charge in [0.1, 0.15) is 0 Å². The zero-order valence-corrected chi connectivity index (χ0v) is 28.2. The van der Waals surface area contributed by atoms with E-state index >= 15 is 0 Å². The molecule has 0 atom stereocenters. The maximum atomic E-state index is 2.28. The monoisotopic (exact) mass is 542 g/mol. The second-order valence-electron chi connectivity index (χ2n) is 13.9. The van der Waals surface area contributed by atoms with Crippen LogP contribution in [0, 0.1) is 23.7 Å². The fourth-order valence-electron chi connectivity index (χ4n) is 5.28. The van der Waals surface area contributed by atoms with Crippen molar-refractivity contribution in [3.63, 3.8) is 0 Å². The molecule has 0 radical (unpaired) electrons. The lowest BCUT2D eigenvalue weighted by Crippen LogP contribution is -2.02. The van der Waals surface area contributed by atoms with Crippen molar-refractivity contribution in [2.45, 2.75) is 121 Å². The molecule has 0 heterocycles. The van der Waals surface area contributed by atoms with Crippen LogP contribution in [0.2, 0.25) is 0 Å². The summed E-state index contributed by atoms with van der Waals surface area (Å²) in [5, 5.41) is 0. The number of rotatable bonds is 10. The summed E-state index contributed by atoms with van der Waals surface area (Å²) in [6.07, 6.45) is 4.83. The van der Waals surface area contributed by atoms with Crippen molar-refractivity contribution in [2.24, 2.45) is 23.7 Å². The van der Waals surface area contributed by atoms with E-state index in [-0.39, 0.29) is 0 Å². The minimum Gasteiger partial charge on any atom is -0.0625 e. The van der Waals surface area contributed by atoms with Gasteiger partial charge < -0.3 is 0 Å². The Balaban J connectivity index is 0.000000300. The molecule has 0 aromatic heterocycles. The summed E-state index contributed by atoms with van der Waals surface area (Å²) in [6, 6.07) is 26.4. The Hall–Kier alpha value is -2.34. The lowest BCUT2D eigenvalue weighted by Gasteiger charge is -2.13. The van der Waals surface area contributed by atoms with Crippen molar-refractivity contribution in [3.8, 4) is 0 Å². The fourth-order valence-corrected chi connectivity index (χ4v) is 5.28. The Labute approximate surface area is 250 Å². The van der Waals surface area contributed by atoms with Gasteiger partial charge in [-0.05, 0) is 94.6 Å². The van der Waals surface area contributed by atoms with Gasteiger partial charge in [-0.3, -0.25) is 0 Å². The molecule has 0 spiro atoms. The third-order valence-corrected chi connectivity index (χ3v) is 6.99. The minimum absolute atomic E-state index is 0.648. The van der Waals surface area contributed by atoms with Crippen LogP contribution in [0.4, 0.5) is 0 Å². The van der Waals surface area contributed by atoms with E-state index < -0.39 is 0 Å². The highest BCUT2D eigenvalue weighted by Gasteiger charge is 2.08. The highest BCUT2D eigenvalue weighted by Crippen LogP contribution is 2.22. The molecule has 0 aliphatic carbocycles. The smallest absolute Gasteiger partial charge is 0.0216 e. The minimum atomic E-state index is 0.648. The molecule has 40 heavy (non-hydrogen) atoms. The van der Waals surface area contributed by atoms with Crippen LogP contribution >= 0.6 is 0 Å². The standard InChI is InChI=1S/C14H22.2C13H20/c1-11(2)9-13-7-5-6-8-14(13)10-12(3)4;2*1-10(2)9-12-7-5-6-8-13(12)11(3)4/h5-8,11-12H,9-10H2,1-4H3;2*5-8,10-11H,9H2,1-4H3. The Bertz CT molecular complexity index is 978. The topological polar surface area (TPSA) is 0 Å². The van der Waals surface area contributed by atoms with E-state index in [2.05, 4.69) is 156 Å². The highest BCUT2D eigenvalue weighted by molar-refractivity contribution is 5.31. The molecule has 0 unspecified atom stereocenters. The van der Waals surface area contributed by atoms with E-state index in [1.54, 1.807) is 0 Å². The Kier molecular flexibility index (Phi) is 16.9. The van der Waals surface area contributed by atoms with Gasteiger partial charge in [-0.25, -0.2) is 0 Å². The van der Waals surface area contributed by atoms with Crippen molar-refractivity contribution in [1.82, 2.24) is 0 Å². The van der Waals surface area contributed by atoms with Gasteiger partial charge in [0.25, 0.3) is 0 Å². The van der Waals surface area contributed by atoms with E-state index in [0.717, 1.165) is 23.7 Å². The summed E-state index contributed by atoms with van der Waals surface area (Å²) in [5.41, 5.74) is 9.14.